The van der Waals surface area contributed by atoms with E-state index in [0.717, 1.165) is 17.7 Å². The van der Waals surface area contributed by atoms with Gasteiger partial charge in [-0.3, -0.25) is 14.9 Å². The molecule has 1 saturated heterocycles. The summed E-state index contributed by atoms with van der Waals surface area (Å²) in [5.41, 5.74) is 1.11. The third-order valence-corrected chi connectivity index (χ3v) is 4.45. The van der Waals surface area contributed by atoms with Crippen LogP contribution in [0.1, 0.15) is 44.3 Å². The summed E-state index contributed by atoms with van der Waals surface area (Å²) in [6, 6.07) is 1.18. The van der Waals surface area contributed by atoms with Crippen LogP contribution in [0.25, 0.3) is 0 Å². The van der Waals surface area contributed by atoms with E-state index < -0.39 is 0 Å². The molecule has 1 aliphatic carbocycles. The maximum atomic E-state index is 4.49. The van der Waals surface area contributed by atoms with Crippen LogP contribution in [0.2, 0.25) is 0 Å². The van der Waals surface area contributed by atoms with Gasteiger partial charge in [-0.15, -0.1) is 0 Å². The zero-order valence-corrected chi connectivity index (χ0v) is 11.8. The molecule has 0 bridgehead atoms. The highest BCUT2D eigenvalue weighted by Gasteiger charge is 2.34. The van der Waals surface area contributed by atoms with Crippen LogP contribution in [0, 0.1) is 5.92 Å². The SMILES string of the molecule is CC(c1cnccn1)N(CC1CCNCC1)C1CC1. The van der Waals surface area contributed by atoms with Crippen LogP contribution in [0.4, 0.5) is 0 Å². The molecule has 0 spiro atoms. The molecule has 1 N–H and O–H groups in total. The summed E-state index contributed by atoms with van der Waals surface area (Å²) in [5.74, 6) is 0.848. The van der Waals surface area contributed by atoms with Gasteiger partial charge in [-0.2, -0.15) is 0 Å². The first-order valence-electron chi connectivity index (χ1n) is 7.57. The number of nitrogens with one attached hydrogen (secondary N) is 1. The Bertz CT molecular complexity index is 384. The predicted molar refractivity (Wildman–Crippen MR) is 75.8 cm³/mol. The average Bonchev–Trinajstić information content (AvgIpc) is 3.31. The highest BCUT2D eigenvalue weighted by atomic mass is 15.2. The molecular formula is C15H24N4. The predicted octanol–water partition coefficient (Wildman–Crippen LogP) is 2.00. The lowest BCUT2D eigenvalue weighted by Crippen LogP contribution is -2.38. The van der Waals surface area contributed by atoms with Crippen molar-refractivity contribution >= 4 is 0 Å². The molecule has 1 aliphatic heterocycles. The molecule has 4 heteroatoms. The average molecular weight is 260 g/mol. The van der Waals surface area contributed by atoms with Gasteiger partial charge in [-0.25, -0.2) is 0 Å². The first-order valence-corrected chi connectivity index (χ1v) is 7.57. The maximum Gasteiger partial charge on any atom is 0.0755 e. The zero-order valence-electron chi connectivity index (χ0n) is 11.8. The fourth-order valence-corrected chi connectivity index (χ4v) is 3.09. The lowest BCUT2D eigenvalue weighted by Gasteiger charge is -2.34. The van der Waals surface area contributed by atoms with Crippen LogP contribution in [-0.4, -0.2) is 40.5 Å². The summed E-state index contributed by atoms with van der Waals surface area (Å²) >= 11 is 0. The van der Waals surface area contributed by atoms with Gasteiger partial charge in [-0.1, -0.05) is 0 Å². The Morgan fingerprint density at radius 3 is 2.68 bits per heavy atom. The first kappa shape index (κ1) is 13.0. The molecule has 3 rings (SSSR count). The Morgan fingerprint density at radius 2 is 2.05 bits per heavy atom. The minimum Gasteiger partial charge on any atom is -0.317 e. The van der Waals surface area contributed by atoms with Crippen molar-refractivity contribution in [3.63, 3.8) is 0 Å². The highest BCUT2D eigenvalue weighted by Crippen LogP contribution is 2.35. The van der Waals surface area contributed by atoms with Gasteiger partial charge in [-0.05, 0) is 51.6 Å². The molecule has 104 valence electrons. The van der Waals surface area contributed by atoms with Gasteiger partial charge in [0.25, 0.3) is 0 Å². The second-order valence-corrected chi connectivity index (χ2v) is 5.93. The van der Waals surface area contributed by atoms with Crippen molar-refractivity contribution in [1.29, 1.82) is 0 Å². The van der Waals surface area contributed by atoms with Crippen molar-refractivity contribution in [3.8, 4) is 0 Å². The number of rotatable bonds is 5. The van der Waals surface area contributed by atoms with Crippen LogP contribution in [0.15, 0.2) is 18.6 Å². The van der Waals surface area contributed by atoms with Gasteiger partial charge in [0.15, 0.2) is 0 Å². The van der Waals surface area contributed by atoms with E-state index in [1.165, 1.54) is 45.3 Å². The quantitative estimate of drug-likeness (QED) is 0.879. The molecule has 1 unspecified atom stereocenters. The fraction of sp³-hybridized carbons (Fsp3) is 0.733. The normalized spacial score (nSPS) is 22.6. The maximum absolute atomic E-state index is 4.49. The van der Waals surface area contributed by atoms with E-state index >= 15 is 0 Å². The Labute approximate surface area is 115 Å². The van der Waals surface area contributed by atoms with Crippen molar-refractivity contribution in [3.05, 3.63) is 24.3 Å². The Hall–Kier alpha value is -1.00. The van der Waals surface area contributed by atoms with Crippen LogP contribution in [0.5, 0.6) is 0 Å². The summed E-state index contributed by atoms with van der Waals surface area (Å²) < 4.78 is 0. The molecule has 2 fully saturated rings. The molecule has 0 radical (unpaired) electrons. The van der Waals surface area contributed by atoms with Gasteiger partial charge < -0.3 is 5.32 Å². The van der Waals surface area contributed by atoms with E-state index in [1.54, 1.807) is 12.4 Å². The largest absolute Gasteiger partial charge is 0.317 e. The lowest BCUT2D eigenvalue weighted by molar-refractivity contribution is 0.149. The van der Waals surface area contributed by atoms with E-state index in [1.807, 2.05) is 6.20 Å². The summed E-state index contributed by atoms with van der Waals surface area (Å²) in [5, 5.41) is 3.45. The first-order chi connectivity index (χ1) is 9.34. The van der Waals surface area contributed by atoms with Gasteiger partial charge in [0.2, 0.25) is 0 Å². The molecule has 1 aromatic rings. The van der Waals surface area contributed by atoms with Gasteiger partial charge in [0.1, 0.15) is 0 Å². The molecule has 2 aliphatic rings. The number of aromatic nitrogens is 2. The fourth-order valence-electron chi connectivity index (χ4n) is 3.09. The minimum atomic E-state index is 0.399. The van der Waals surface area contributed by atoms with Crippen molar-refractivity contribution in [1.82, 2.24) is 20.2 Å². The second-order valence-electron chi connectivity index (χ2n) is 5.93. The van der Waals surface area contributed by atoms with Crippen molar-refractivity contribution in [2.75, 3.05) is 19.6 Å². The molecule has 19 heavy (non-hydrogen) atoms. The zero-order chi connectivity index (χ0) is 13.1. The Balaban J connectivity index is 1.66. The third kappa shape index (κ3) is 3.31. The number of piperidine rings is 1. The lowest BCUT2D eigenvalue weighted by atomic mass is 9.96. The van der Waals surface area contributed by atoms with Crippen LogP contribution in [0.3, 0.4) is 0 Å². The van der Waals surface area contributed by atoms with E-state index in [9.17, 15) is 0 Å². The van der Waals surface area contributed by atoms with Gasteiger partial charge in [0.05, 0.1) is 11.7 Å². The van der Waals surface area contributed by atoms with E-state index in [-0.39, 0.29) is 0 Å². The number of hydrogen-bond acceptors (Lipinski definition) is 4. The number of nitrogens with zero attached hydrogens (tertiary/aromatic N) is 3. The Kier molecular flexibility index (Phi) is 4.09. The standard InChI is InChI=1S/C15H24N4/c1-12(15-10-17-8-9-18-15)19(14-2-3-14)11-13-4-6-16-7-5-13/h8-10,12-14,16H,2-7,11H2,1H3. The summed E-state index contributed by atoms with van der Waals surface area (Å²) in [6.45, 7) is 5.87. The smallest absolute Gasteiger partial charge is 0.0755 e. The van der Waals surface area contributed by atoms with E-state index in [2.05, 4.69) is 27.1 Å². The van der Waals surface area contributed by atoms with E-state index in [0.29, 0.717) is 6.04 Å². The monoisotopic (exact) mass is 260 g/mol. The third-order valence-electron chi connectivity index (χ3n) is 4.45. The van der Waals surface area contributed by atoms with Crippen LogP contribution >= 0.6 is 0 Å². The second kappa shape index (κ2) is 5.97. The molecule has 1 saturated carbocycles. The minimum absolute atomic E-state index is 0.399. The van der Waals surface area contributed by atoms with Crippen molar-refractivity contribution in [2.24, 2.45) is 5.92 Å². The summed E-state index contributed by atoms with van der Waals surface area (Å²) in [6.07, 6.45) is 10.8. The Morgan fingerprint density at radius 1 is 1.26 bits per heavy atom. The highest BCUT2D eigenvalue weighted by molar-refractivity contribution is 5.04. The summed E-state index contributed by atoms with van der Waals surface area (Å²) in [4.78, 5) is 11.4. The van der Waals surface area contributed by atoms with Crippen LogP contribution < -0.4 is 5.32 Å². The molecule has 0 amide bonds. The van der Waals surface area contributed by atoms with Gasteiger partial charge in [0, 0.05) is 31.2 Å². The molecule has 1 aromatic heterocycles. The van der Waals surface area contributed by atoms with Gasteiger partial charge >= 0.3 is 0 Å². The molecule has 1 atom stereocenters. The number of hydrogen-bond donors (Lipinski definition) is 1. The molecule has 0 aromatic carbocycles. The van der Waals surface area contributed by atoms with Crippen molar-refractivity contribution < 1.29 is 0 Å². The topological polar surface area (TPSA) is 41.1 Å². The van der Waals surface area contributed by atoms with Crippen LogP contribution in [-0.2, 0) is 0 Å². The molecule has 2 heterocycles. The van der Waals surface area contributed by atoms with E-state index in [4.69, 9.17) is 0 Å². The molecule has 4 nitrogen and oxygen atoms in total. The van der Waals surface area contributed by atoms with Crippen molar-refractivity contribution in [2.45, 2.75) is 44.7 Å². The summed E-state index contributed by atoms with van der Waals surface area (Å²) in [7, 11) is 0. The molecular weight excluding hydrogens is 236 g/mol.